The van der Waals surface area contributed by atoms with Crippen molar-refractivity contribution < 1.29 is 0 Å². The van der Waals surface area contributed by atoms with E-state index in [9.17, 15) is 0 Å². The monoisotopic (exact) mass is 209 g/mol. The van der Waals surface area contributed by atoms with E-state index in [0.717, 1.165) is 13.0 Å². The summed E-state index contributed by atoms with van der Waals surface area (Å²) in [6.45, 7) is 3.22. The number of likely N-dealkylation sites (N-methyl/N-ethyl adjacent to an activating group) is 1. The van der Waals surface area contributed by atoms with Gasteiger partial charge in [0, 0.05) is 11.8 Å². The van der Waals surface area contributed by atoms with Crippen LogP contribution in [0.2, 0.25) is 0 Å². The fourth-order valence-corrected chi connectivity index (χ4v) is 2.22. The highest BCUT2D eigenvalue weighted by molar-refractivity contribution is 7.98. The van der Waals surface area contributed by atoms with Gasteiger partial charge >= 0.3 is 0 Å². The first-order chi connectivity index (χ1) is 6.86. The summed E-state index contributed by atoms with van der Waals surface area (Å²) in [6, 6.07) is 11.3. The third-order valence-electron chi connectivity index (χ3n) is 2.19. The van der Waals surface area contributed by atoms with Crippen LogP contribution in [0.15, 0.2) is 30.3 Å². The fourth-order valence-electron chi connectivity index (χ4n) is 1.58. The van der Waals surface area contributed by atoms with E-state index in [1.165, 1.54) is 11.3 Å². The Hall–Kier alpha value is -0.470. The Morgan fingerprint density at radius 3 is 2.57 bits per heavy atom. The molecule has 0 saturated carbocycles. The highest BCUT2D eigenvalue weighted by atomic mass is 32.2. The maximum atomic E-state index is 3.51. The summed E-state index contributed by atoms with van der Waals surface area (Å²) in [6.07, 6.45) is 3.30. The van der Waals surface area contributed by atoms with Gasteiger partial charge in [0.25, 0.3) is 0 Å². The molecule has 1 unspecified atom stereocenters. The van der Waals surface area contributed by atoms with Crippen molar-refractivity contribution in [2.45, 2.75) is 19.4 Å². The third-order valence-corrected chi connectivity index (χ3v) is 2.92. The first-order valence-corrected chi connectivity index (χ1v) is 6.52. The molecule has 0 fully saturated rings. The lowest BCUT2D eigenvalue weighted by molar-refractivity contribution is 0.573. The van der Waals surface area contributed by atoms with E-state index >= 15 is 0 Å². The largest absolute Gasteiger partial charge is 0.313 e. The van der Waals surface area contributed by atoms with Gasteiger partial charge in [0.1, 0.15) is 0 Å². The molecule has 1 rings (SSSR count). The number of thioether (sulfide) groups is 1. The Morgan fingerprint density at radius 2 is 2.00 bits per heavy atom. The van der Waals surface area contributed by atoms with E-state index in [0.29, 0.717) is 6.04 Å². The topological polar surface area (TPSA) is 12.0 Å². The summed E-state index contributed by atoms with van der Waals surface area (Å²) in [5.74, 6) is 1.18. The molecule has 14 heavy (non-hydrogen) atoms. The summed E-state index contributed by atoms with van der Waals surface area (Å²) in [5.41, 5.74) is 1.42. The SMILES string of the molecule is CCNC(CSC)Cc1ccccc1. The van der Waals surface area contributed by atoms with Crippen molar-refractivity contribution >= 4 is 11.8 Å². The minimum Gasteiger partial charge on any atom is -0.313 e. The normalized spacial score (nSPS) is 12.7. The van der Waals surface area contributed by atoms with Crippen molar-refractivity contribution in [2.75, 3.05) is 18.6 Å². The molecule has 2 heteroatoms. The van der Waals surface area contributed by atoms with Crippen LogP contribution < -0.4 is 5.32 Å². The third kappa shape index (κ3) is 4.16. The van der Waals surface area contributed by atoms with Crippen molar-refractivity contribution in [1.82, 2.24) is 5.32 Å². The standard InChI is InChI=1S/C12H19NS/c1-3-13-12(10-14-2)9-11-7-5-4-6-8-11/h4-8,12-13H,3,9-10H2,1-2H3. The molecule has 0 saturated heterocycles. The number of rotatable bonds is 6. The fraction of sp³-hybridized carbons (Fsp3) is 0.500. The Bertz CT molecular complexity index is 229. The zero-order chi connectivity index (χ0) is 10.2. The van der Waals surface area contributed by atoms with Crippen LogP contribution >= 0.6 is 11.8 Å². The average Bonchev–Trinajstić information content (AvgIpc) is 2.20. The van der Waals surface area contributed by atoms with E-state index in [-0.39, 0.29) is 0 Å². The molecule has 0 heterocycles. The van der Waals surface area contributed by atoms with Crippen molar-refractivity contribution in [2.24, 2.45) is 0 Å². The Balaban J connectivity index is 2.46. The number of benzene rings is 1. The molecule has 0 spiro atoms. The zero-order valence-electron chi connectivity index (χ0n) is 8.99. The van der Waals surface area contributed by atoms with Crippen molar-refractivity contribution in [1.29, 1.82) is 0 Å². The van der Waals surface area contributed by atoms with Gasteiger partial charge in [-0.3, -0.25) is 0 Å². The van der Waals surface area contributed by atoms with Crippen LogP contribution in [0.5, 0.6) is 0 Å². The number of nitrogens with one attached hydrogen (secondary N) is 1. The van der Waals surface area contributed by atoms with Gasteiger partial charge < -0.3 is 5.32 Å². The summed E-state index contributed by atoms with van der Waals surface area (Å²) < 4.78 is 0. The second-order valence-corrected chi connectivity index (χ2v) is 4.31. The molecular weight excluding hydrogens is 190 g/mol. The van der Waals surface area contributed by atoms with Gasteiger partial charge in [-0.1, -0.05) is 37.3 Å². The van der Waals surface area contributed by atoms with Crippen molar-refractivity contribution in [3.8, 4) is 0 Å². The van der Waals surface area contributed by atoms with Gasteiger partial charge in [-0.05, 0) is 24.8 Å². The van der Waals surface area contributed by atoms with E-state index in [2.05, 4.69) is 48.8 Å². The Kier molecular flexibility index (Phi) is 5.72. The quantitative estimate of drug-likeness (QED) is 0.773. The summed E-state index contributed by atoms with van der Waals surface area (Å²) >= 11 is 1.91. The maximum Gasteiger partial charge on any atom is 0.0198 e. The molecule has 78 valence electrons. The van der Waals surface area contributed by atoms with Crippen LogP contribution in [0.4, 0.5) is 0 Å². The molecule has 1 nitrogen and oxygen atoms in total. The highest BCUT2D eigenvalue weighted by Crippen LogP contribution is 2.06. The molecule has 1 N–H and O–H groups in total. The van der Waals surface area contributed by atoms with Gasteiger partial charge in [-0.2, -0.15) is 11.8 Å². The summed E-state index contributed by atoms with van der Waals surface area (Å²) in [5, 5.41) is 3.51. The molecular formula is C12H19NS. The van der Waals surface area contributed by atoms with E-state index in [1.807, 2.05) is 11.8 Å². The lowest BCUT2D eigenvalue weighted by atomic mass is 10.1. The molecule has 0 bridgehead atoms. The summed E-state index contributed by atoms with van der Waals surface area (Å²) in [7, 11) is 0. The van der Waals surface area contributed by atoms with Crippen molar-refractivity contribution in [3.05, 3.63) is 35.9 Å². The Morgan fingerprint density at radius 1 is 1.29 bits per heavy atom. The Labute approximate surface area is 91.3 Å². The predicted molar refractivity (Wildman–Crippen MR) is 66.0 cm³/mol. The van der Waals surface area contributed by atoms with Gasteiger partial charge in [-0.25, -0.2) is 0 Å². The lowest BCUT2D eigenvalue weighted by Gasteiger charge is -2.16. The van der Waals surface area contributed by atoms with Crippen LogP contribution in [0.3, 0.4) is 0 Å². The molecule has 0 radical (unpaired) electrons. The lowest BCUT2D eigenvalue weighted by Crippen LogP contribution is -2.33. The van der Waals surface area contributed by atoms with Crippen molar-refractivity contribution in [3.63, 3.8) is 0 Å². The number of hydrogen-bond acceptors (Lipinski definition) is 2. The first kappa shape index (κ1) is 11.6. The summed E-state index contributed by atoms with van der Waals surface area (Å²) in [4.78, 5) is 0. The molecule has 1 aromatic carbocycles. The van der Waals surface area contributed by atoms with Gasteiger partial charge in [0.05, 0.1) is 0 Å². The van der Waals surface area contributed by atoms with Crippen LogP contribution in [0, 0.1) is 0 Å². The van der Waals surface area contributed by atoms with E-state index < -0.39 is 0 Å². The first-order valence-electron chi connectivity index (χ1n) is 5.13. The molecule has 0 aliphatic carbocycles. The second kappa shape index (κ2) is 6.91. The minimum atomic E-state index is 0.609. The van der Waals surface area contributed by atoms with E-state index in [1.54, 1.807) is 0 Å². The zero-order valence-corrected chi connectivity index (χ0v) is 9.81. The van der Waals surface area contributed by atoms with Gasteiger partial charge in [-0.15, -0.1) is 0 Å². The smallest absolute Gasteiger partial charge is 0.0198 e. The molecule has 0 amide bonds. The molecule has 0 aliphatic heterocycles. The van der Waals surface area contributed by atoms with Crippen LogP contribution in [0.1, 0.15) is 12.5 Å². The number of hydrogen-bond donors (Lipinski definition) is 1. The molecule has 0 aliphatic rings. The average molecular weight is 209 g/mol. The molecule has 1 atom stereocenters. The molecule has 1 aromatic rings. The molecule has 0 aromatic heterocycles. The minimum absolute atomic E-state index is 0.609. The predicted octanol–water partition coefficient (Wildman–Crippen LogP) is 2.57. The van der Waals surface area contributed by atoms with Crippen LogP contribution in [0.25, 0.3) is 0 Å². The van der Waals surface area contributed by atoms with E-state index in [4.69, 9.17) is 0 Å². The van der Waals surface area contributed by atoms with Crippen LogP contribution in [-0.4, -0.2) is 24.6 Å². The second-order valence-electron chi connectivity index (χ2n) is 3.40. The highest BCUT2D eigenvalue weighted by Gasteiger charge is 2.06. The van der Waals surface area contributed by atoms with Gasteiger partial charge in [0.15, 0.2) is 0 Å². The maximum absolute atomic E-state index is 3.51. The van der Waals surface area contributed by atoms with Crippen LogP contribution in [-0.2, 0) is 6.42 Å². The van der Waals surface area contributed by atoms with Gasteiger partial charge in [0.2, 0.25) is 0 Å².